The van der Waals surface area contributed by atoms with E-state index >= 15 is 0 Å². The molecule has 0 bridgehead atoms. The number of nitrogens with one attached hydrogen (secondary N) is 1. The SMILES string of the molecule is CN(Nc1ncc(-c2nnc(C(F)F)o2)cn1)c1ccccc1. The van der Waals surface area contributed by atoms with Gasteiger partial charge in [-0.15, -0.1) is 10.2 Å². The zero-order valence-corrected chi connectivity index (χ0v) is 12.0. The van der Waals surface area contributed by atoms with Crippen molar-refractivity contribution < 1.29 is 13.2 Å². The predicted octanol–water partition coefficient (Wildman–Crippen LogP) is 2.93. The summed E-state index contributed by atoms with van der Waals surface area (Å²) < 4.78 is 29.7. The molecular weight excluding hydrogens is 306 g/mol. The van der Waals surface area contributed by atoms with Crippen molar-refractivity contribution in [3.05, 3.63) is 48.6 Å². The first kappa shape index (κ1) is 14.8. The molecule has 3 rings (SSSR count). The summed E-state index contributed by atoms with van der Waals surface area (Å²) in [5.41, 5.74) is 4.27. The van der Waals surface area contributed by atoms with E-state index in [4.69, 9.17) is 4.42 Å². The molecule has 3 aromatic rings. The summed E-state index contributed by atoms with van der Waals surface area (Å²) in [5.74, 6) is -0.442. The quantitative estimate of drug-likeness (QED) is 0.724. The van der Waals surface area contributed by atoms with Gasteiger partial charge in [-0.3, -0.25) is 10.4 Å². The number of hydrazine groups is 1. The summed E-state index contributed by atoms with van der Waals surface area (Å²) in [6.45, 7) is 0. The highest BCUT2D eigenvalue weighted by molar-refractivity contribution is 5.53. The second kappa shape index (κ2) is 6.34. The summed E-state index contributed by atoms with van der Waals surface area (Å²) in [6.07, 6.45) is 0.0195. The van der Waals surface area contributed by atoms with E-state index in [1.807, 2.05) is 37.4 Å². The average molecular weight is 318 g/mol. The van der Waals surface area contributed by atoms with Gasteiger partial charge in [-0.25, -0.2) is 9.97 Å². The molecule has 2 aromatic heterocycles. The lowest BCUT2D eigenvalue weighted by Gasteiger charge is -2.19. The third-order valence-electron chi connectivity index (χ3n) is 2.94. The molecule has 0 aliphatic carbocycles. The van der Waals surface area contributed by atoms with Crippen LogP contribution >= 0.6 is 0 Å². The molecule has 0 fully saturated rings. The number of rotatable bonds is 5. The van der Waals surface area contributed by atoms with Crippen molar-refractivity contribution in [3.63, 3.8) is 0 Å². The van der Waals surface area contributed by atoms with E-state index in [1.165, 1.54) is 12.4 Å². The van der Waals surface area contributed by atoms with Gasteiger partial charge < -0.3 is 4.42 Å². The minimum Gasteiger partial charge on any atom is -0.415 e. The van der Waals surface area contributed by atoms with Crippen LogP contribution in [-0.2, 0) is 0 Å². The largest absolute Gasteiger partial charge is 0.415 e. The molecule has 9 heteroatoms. The minimum atomic E-state index is -2.81. The Kier molecular flexibility index (Phi) is 4.09. The van der Waals surface area contributed by atoms with Crippen LogP contribution in [0.3, 0.4) is 0 Å². The predicted molar refractivity (Wildman–Crippen MR) is 78.7 cm³/mol. The molecule has 0 radical (unpaired) electrons. The van der Waals surface area contributed by atoms with E-state index in [0.29, 0.717) is 11.5 Å². The van der Waals surface area contributed by atoms with Gasteiger partial charge in [-0.1, -0.05) is 18.2 Å². The molecule has 2 heterocycles. The molecule has 1 N–H and O–H groups in total. The Bertz CT molecular complexity index is 762. The van der Waals surface area contributed by atoms with Crippen LogP contribution in [0.1, 0.15) is 12.3 Å². The number of alkyl halides is 2. The van der Waals surface area contributed by atoms with Crippen molar-refractivity contribution in [3.8, 4) is 11.5 Å². The van der Waals surface area contributed by atoms with E-state index in [-0.39, 0.29) is 5.89 Å². The van der Waals surface area contributed by atoms with Crippen molar-refractivity contribution in [1.82, 2.24) is 20.2 Å². The molecule has 0 spiro atoms. The Morgan fingerprint density at radius 1 is 1.09 bits per heavy atom. The number of hydrogen-bond donors (Lipinski definition) is 1. The van der Waals surface area contributed by atoms with Gasteiger partial charge in [0.1, 0.15) is 0 Å². The fourth-order valence-corrected chi connectivity index (χ4v) is 1.80. The van der Waals surface area contributed by atoms with E-state index in [0.717, 1.165) is 5.69 Å². The first-order chi connectivity index (χ1) is 11.1. The summed E-state index contributed by atoms with van der Waals surface area (Å²) in [4.78, 5) is 8.19. The van der Waals surface area contributed by atoms with Crippen LogP contribution < -0.4 is 10.4 Å². The normalized spacial score (nSPS) is 10.8. The Labute approximate surface area is 130 Å². The lowest BCUT2D eigenvalue weighted by atomic mass is 10.3. The Balaban J connectivity index is 1.71. The van der Waals surface area contributed by atoms with Gasteiger partial charge in [0.25, 0.3) is 11.8 Å². The standard InChI is InChI=1S/C14H12F2N6O/c1-22(10-5-3-2-4-6-10)21-14-17-7-9(8-18-14)12-19-20-13(23-12)11(15)16/h2-8,11H,1H3,(H,17,18,21). The molecular formula is C14H12F2N6O. The number of halogens is 2. The van der Waals surface area contributed by atoms with Crippen LogP contribution in [-0.4, -0.2) is 27.2 Å². The summed E-state index contributed by atoms with van der Waals surface area (Å²) >= 11 is 0. The van der Waals surface area contributed by atoms with Crippen molar-refractivity contribution in [2.75, 3.05) is 17.5 Å². The maximum atomic E-state index is 12.4. The molecule has 0 aliphatic heterocycles. The molecule has 0 amide bonds. The minimum absolute atomic E-state index is 0.0525. The Morgan fingerprint density at radius 3 is 2.39 bits per heavy atom. The van der Waals surface area contributed by atoms with Crippen molar-refractivity contribution in [2.24, 2.45) is 0 Å². The van der Waals surface area contributed by atoms with Gasteiger partial charge in [0.15, 0.2) is 0 Å². The van der Waals surface area contributed by atoms with Crippen molar-refractivity contribution >= 4 is 11.6 Å². The summed E-state index contributed by atoms with van der Waals surface area (Å²) in [5, 5.41) is 8.54. The topological polar surface area (TPSA) is 80.0 Å². The second-order valence-corrected chi connectivity index (χ2v) is 4.55. The number of benzene rings is 1. The number of para-hydroxylation sites is 1. The van der Waals surface area contributed by atoms with Crippen molar-refractivity contribution in [1.29, 1.82) is 0 Å². The lowest BCUT2D eigenvalue weighted by Crippen LogP contribution is -2.25. The van der Waals surface area contributed by atoms with Crippen LogP contribution in [0.2, 0.25) is 0 Å². The van der Waals surface area contributed by atoms with Crippen LogP contribution in [0.25, 0.3) is 11.5 Å². The zero-order chi connectivity index (χ0) is 16.2. The molecule has 23 heavy (non-hydrogen) atoms. The average Bonchev–Trinajstić information content (AvgIpc) is 3.07. The first-order valence-electron chi connectivity index (χ1n) is 6.63. The van der Waals surface area contributed by atoms with Crippen LogP contribution in [0.5, 0.6) is 0 Å². The van der Waals surface area contributed by atoms with Crippen LogP contribution in [0.15, 0.2) is 47.1 Å². The van der Waals surface area contributed by atoms with E-state index in [2.05, 4.69) is 25.6 Å². The molecule has 118 valence electrons. The molecule has 0 unspecified atom stereocenters. The maximum absolute atomic E-state index is 12.4. The van der Waals surface area contributed by atoms with Gasteiger partial charge in [-0.2, -0.15) is 8.78 Å². The molecule has 0 saturated heterocycles. The highest BCUT2D eigenvalue weighted by atomic mass is 19.3. The van der Waals surface area contributed by atoms with E-state index < -0.39 is 12.3 Å². The maximum Gasteiger partial charge on any atom is 0.314 e. The van der Waals surface area contributed by atoms with E-state index in [9.17, 15) is 8.78 Å². The number of hydrogen-bond acceptors (Lipinski definition) is 7. The number of anilines is 2. The van der Waals surface area contributed by atoms with Gasteiger partial charge in [-0.05, 0) is 12.1 Å². The van der Waals surface area contributed by atoms with Gasteiger partial charge in [0.2, 0.25) is 5.95 Å². The third-order valence-corrected chi connectivity index (χ3v) is 2.94. The highest BCUT2D eigenvalue weighted by Gasteiger charge is 2.17. The molecule has 0 saturated carbocycles. The smallest absolute Gasteiger partial charge is 0.314 e. The molecule has 7 nitrogen and oxygen atoms in total. The molecule has 1 aromatic carbocycles. The molecule has 0 aliphatic rings. The third kappa shape index (κ3) is 3.39. The fourth-order valence-electron chi connectivity index (χ4n) is 1.80. The lowest BCUT2D eigenvalue weighted by molar-refractivity contribution is 0.116. The van der Waals surface area contributed by atoms with Gasteiger partial charge >= 0.3 is 6.43 Å². The van der Waals surface area contributed by atoms with Crippen LogP contribution in [0, 0.1) is 0 Å². The monoisotopic (exact) mass is 318 g/mol. The Hall–Kier alpha value is -3.10. The molecule has 0 atom stereocenters. The fraction of sp³-hybridized carbons (Fsp3) is 0.143. The van der Waals surface area contributed by atoms with Gasteiger partial charge in [0, 0.05) is 19.4 Å². The second-order valence-electron chi connectivity index (χ2n) is 4.55. The van der Waals surface area contributed by atoms with Gasteiger partial charge in [0.05, 0.1) is 11.3 Å². The van der Waals surface area contributed by atoms with Crippen molar-refractivity contribution in [2.45, 2.75) is 6.43 Å². The Morgan fingerprint density at radius 2 is 1.78 bits per heavy atom. The number of nitrogens with zero attached hydrogens (tertiary/aromatic N) is 5. The summed E-state index contributed by atoms with van der Waals surface area (Å²) in [7, 11) is 1.82. The summed E-state index contributed by atoms with van der Waals surface area (Å²) in [6, 6.07) is 9.58. The number of aromatic nitrogens is 4. The zero-order valence-electron chi connectivity index (χ0n) is 12.0. The van der Waals surface area contributed by atoms with Crippen LogP contribution in [0.4, 0.5) is 20.4 Å². The van der Waals surface area contributed by atoms with E-state index in [1.54, 1.807) is 5.01 Å². The first-order valence-corrected chi connectivity index (χ1v) is 6.63. The highest BCUT2D eigenvalue weighted by Crippen LogP contribution is 2.22.